The molecule has 20 heavy (non-hydrogen) atoms. The first-order valence-electron chi connectivity index (χ1n) is 6.94. The molecule has 1 aromatic rings. The molecule has 110 valence electrons. The zero-order chi connectivity index (χ0) is 14.0. The van der Waals surface area contributed by atoms with Crippen molar-refractivity contribution in [2.75, 3.05) is 19.8 Å². The van der Waals surface area contributed by atoms with Crippen molar-refractivity contribution in [3.05, 3.63) is 28.8 Å². The van der Waals surface area contributed by atoms with Gasteiger partial charge in [0.25, 0.3) is 0 Å². The summed E-state index contributed by atoms with van der Waals surface area (Å²) < 4.78 is 17.6. The Morgan fingerprint density at radius 2 is 2.30 bits per heavy atom. The van der Waals surface area contributed by atoms with Gasteiger partial charge in [0.1, 0.15) is 11.9 Å². The number of halogens is 2. The Labute approximate surface area is 132 Å². The average molecular weight is 362 g/mol. The van der Waals surface area contributed by atoms with Gasteiger partial charge < -0.3 is 14.2 Å². The Hall–Kier alpha value is -0.290. The summed E-state index contributed by atoms with van der Waals surface area (Å²) >= 11 is 9.76. The molecule has 2 fully saturated rings. The van der Waals surface area contributed by atoms with E-state index in [2.05, 4.69) is 15.9 Å². The summed E-state index contributed by atoms with van der Waals surface area (Å²) in [5.41, 5.74) is 0.944. The van der Waals surface area contributed by atoms with Crippen molar-refractivity contribution in [3.63, 3.8) is 0 Å². The van der Waals surface area contributed by atoms with Crippen LogP contribution in [0.15, 0.2) is 18.2 Å². The lowest BCUT2D eigenvalue weighted by atomic mass is 9.91. The van der Waals surface area contributed by atoms with Gasteiger partial charge in [-0.1, -0.05) is 39.7 Å². The second-order valence-electron chi connectivity index (χ2n) is 5.43. The van der Waals surface area contributed by atoms with Crippen LogP contribution in [-0.2, 0) is 14.8 Å². The second-order valence-corrected chi connectivity index (χ2v) is 6.40. The van der Waals surface area contributed by atoms with Crippen molar-refractivity contribution in [2.45, 2.75) is 36.3 Å². The molecule has 0 amide bonds. The lowest BCUT2D eigenvalue weighted by Gasteiger charge is -2.37. The lowest BCUT2D eigenvalue weighted by Crippen LogP contribution is -2.44. The number of rotatable bonds is 3. The summed E-state index contributed by atoms with van der Waals surface area (Å²) in [4.78, 5) is 0. The van der Waals surface area contributed by atoms with Crippen LogP contribution in [0.25, 0.3) is 0 Å². The van der Waals surface area contributed by atoms with Crippen LogP contribution in [0.3, 0.4) is 0 Å². The highest BCUT2D eigenvalue weighted by molar-refractivity contribution is 9.08. The smallest absolute Gasteiger partial charge is 0.142 e. The first-order chi connectivity index (χ1) is 9.72. The highest BCUT2D eigenvalue weighted by atomic mass is 79.9. The van der Waals surface area contributed by atoms with Crippen LogP contribution in [0.1, 0.15) is 24.8 Å². The molecule has 3 rings (SSSR count). The molecular weight excluding hydrogens is 344 g/mol. The van der Waals surface area contributed by atoms with Gasteiger partial charge >= 0.3 is 0 Å². The van der Waals surface area contributed by atoms with Gasteiger partial charge in [-0.25, -0.2) is 0 Å². The molecule has 0 N–H and O–H groups in total. The molecule has 0 radical (unpaired) electrons. The molecule has 1 spiro atoms. The molecule has 1 aromatic carbocycles. The van der Waals surface area contributed by atoms with Gasteiger partial charge in [-0.05, 0) is 6.07 Å². The topological polar surface area (TPSA) is 27.7 Å². The van der Waals surface area contributed by atoms with E-state index in [1.54, 1.807) is 0 Å². The predicted octanol–water partition coefficient (Wildman–Crippen LogP) is 3.95. The van der Waals surface area contributed by atoms with Crippen LogP contribution >= 0.6 is 27.5 Å². The number of alkyl halides is 1. The molecule has 0 aliphatic carbocycles. The maximum atomic E-state index is 6.28. The standard InChI is InChI=1S/C15H18BrClO3/c16-9-11-2-1-3-13(17)14(11)20-12-4-6-19-15(8-12)5-7-18-10-15/h1-3,12H,4-10H2. The maximum absolute atomic E-state index is 6.28. The monoisotopic (exact) mass is 360 g/mol. The number of benzene rings is 1. The fourth-order valence-electron chi connectivity index (χ4n) is 2.90. The van der Waals surface area contributed by atoms with Gasteiger partial charge in [0.15, 0.2) is 0 Å². The first kappa shape index (κ1) is 14.6. The molecule has 0 saturated carbocycles. The van der Waals surface area contributed by atoms with Gasteiger partial charge in [0.2, 0.25) is 0 Å². The van der Waals surface area contributed by atoms with Crippen LogP contribution in [-0.4, -0.2) is 31.5 Å². The Kier molecular flexibility index (Phi) is 4.55. The summed E-state index contributed by atoms with van der Waals surface area (Å²) in [6.45, 7) is 2.19. The van der Waals surface area contributed by atoms with Crippen LogP contribution in [0.4, 0.5) is 0 Å². The fraction of sp³-hybridized carbons (Fsp3) is 0.600. The van der Waals surface area contributed by atoms with E-state index in [0.29, 0.717) is 11.6 Å². The number of para-hydroxylation sites is 1. The zero-order valence-electron chi connectivity index (χ0n) is 11.2. The van der Waals surface area contributed by atoms with E-state index in [1.807, 2.05) is 18.2 Å². The molecule has 2 atom stereocenters. The van der Waals surface area contributed by atoms with E-state index < -0.39 is 0 Å². The zero-order valence-corrected chi connectivity index (χ0v) is 13.6. The van der Waals surface area contributed by atoms with Crippen LogP contribution in [0, 0.1) is 0 Å². The SMILES string of the molecule is Clc1cccc(CBr)c1OC1CCOC2(CCOC2)C1. The van der Waals surface area contributed by atoms with Crippen LogP contribution < -0.4 is 4.74 Å². The summed E-state index contributed by atoms with van der Waals surface area (Å²) in [6, 6.07) is 5.85. The highest BCUT2D eigenvalue weighted by Crippen LogP contribution is 2.37. The van der Waals surface area contributed by atoms with Crippen molar-refractivity contribution in [1.82, 2.24) is 0 Å². The predicted molar refractivity (Wildman–Crippen MR) is 81.9 cm³/mol. The summed E-state index contributed by atoms with van der Waals surface area (Å²) in [7, 11) is 0. The van der Waals surface area contributed by atoms with Gasteiger partial charge in [-0.15, -0.1) is 0 Å². The van der Waals surface area contributed by atoms with Crippen molar-refractivity contribution >= 4 is 27.5 Å². The summed E-state index contributed by atoms with van der Waals surface area (Å²) in [5, 5.41) is 1.41. The minimum absolute atomic E-state index is 0.140. The molecule has 5 heteroatoms. The quantitative estimate of drug-likeness (QED) is 0.763. The molecule has 2 aliphatic rings. The summed E-state index contributed by atoms with van der Waals surface area (Å²) in [5.74, 6) is 0.798. The fourth-order valence-corrected chi connectivity index (χ4v) is 3.58. The molecule has 0 bridgehead atoms. The van der Waals surface area contributed by atoms with Crippen molar-refractivity contribution in [1.29, 1.82) is 0 Å². The van der Waals surface area contributed by atoms with Gasteiger partial charge in [-0.2, -0.15) is 0 Å². The number of ether oxygens (including phenoxy) is 3. The van der Waals surface area contributed by atoms with E-state index in [0.717, 1.165) is 49.1 Å². The Balaban J connectivity index is 1.74. The second kappa shape index (κ2) is 6.22. The average Bonchev–Trinajstić information content (AvgIpc) is 2.89. The molecule has 2 saturated heterocycles. The lowest BCUT2D eigenvalue weighted by molar-refractivity contribution is -0.112. The number of hydrogen-bond donors (Lipinski definition) is 0. The Morgan fingerprint density at radius 1 is 1.40 bits per heavy atom. The molecule has 2 heterocycles. The minimum atomic E-state index is -0.140. The van der Waals surface area contributed by atoms with Crippen molar-refractivity contribution < 1.29 is 14.2 Å². The molecule has 2 aliphatic heterocycles. The third-order valence-corrected chi connectivity index (χ3v) is 4.89. The van der Waals surface area contributed by atoms with E-state index in [4.69, 9.17) is 25.8 Å². The van der Waals surface area contributed by atoms with Crippen molar-refractivity contribution in [2.24, 2.45) is 0 Å². The van der Waals surface area contributed by atoms with Gasteiger partial charge in [-0.3, -0.25) is 0 Å². The minimum Gasteiger partial charge on any atom is -0.488 e. The largest absolute Gasteiger partial charge is 0.488 e. The van der Waals surface area contributed by atoms with Gasteiger partial charge in [0.05, 0.1) is 23.8 Å². The third kappa shape index (κ3) is 2.98. The molecule has 0 aromatic heterocycles. The molecule has 3 nitrogen and oxygen atoms in total. The maximum Gasteiger partial charge on any atom is 0.142 e. The van der Waals surface area contributed by atoms with E-state index in [-0.39, 0.29) is 11.7 Å². The molecular formula is C15H18BrClO3. The third-order valence-electron chi connectivity index (χ3n) is 3.99. The Morgan fingerprint density at radius 3 is 3.05 bits per heavy atom. The van der Waals surface area contributed by atoms with Crippen LogP contribution in [0.5, 0.6) is 5.75 Å². The first-order valence-corrected chi connectivity index (χ1v) is 8.44. The van der Waals surface area contributed by atoms with Crippen molar-refractivity contribution in [3.8, 4) is 5.75 Å². The normalized spacial score (nSPS) is 29.8. The number of hydrogen-bond acceptors (Lipinski definition) is 3. The van der Waals surface area contributed by atoms with Crippen LogP contribution in [0.2, 0.25) is 5.02 Å². The molecule has 2 unspecified atom stereocenters. The van der Waals surface area contributed by atoms with E-state index in [1.165, 1.54) is 0 Å². The Bertz CT molecular complexity index is 474. The van der Waals surface area contributed by atoms with E-state index in [9.17, 15) is 0 Å². The van der Waals surface area contributed by atoms with Gasteiger partial charge in [0, 0.05) is 36.8 Å². The van der Waals surface area contributed by atoms with E-state index >= 15 is 0 Å². The summed E-state index contributed by atoms with van der Waals surface area (Å²) in [6.07, 6.45) is 2.87. The highest BCUT2D eigenvalue weighted by Gasteiger charge is 2.42.